The molecule has 1 aromatic carbocycles. The van der Waals surface area contributed by atoms with Gasteiger partial charge in [-0.1, -0.05) is 6.58 Å². The van der Waals surface area contributed by atoms with Gasteiger partial charge in [0.2, 0.25) is 11.9 Å². The van der Waals surface area contributed by atoms with E-state index in [2.05, 4.69) is 32.3 Å². The predicted molar refractivity (Wildman–Crippen MR) is 120 cm³/mol. The third-order valence-electron chi connectivity index (χ3n) is 4.93. The normalized spacial score (nSPS) is 11.0. The number of aliphatic hydroxyl groups is 1. The van der Waals surface area contributed by atoms with Crippen molar-refractivity contribution in [2.75, 3.05) is 17.2 Å². The molecule has 1 amide bonds. The molecule has 3 heterocycles. The molecule has 4 aromatic rings. The topological polar surface area (TPSA) is 110 Å². The smallest absolute Gasteiger partial charge is 0.247 e. The summed E-state index contributed by atoms with van der Waals surface area (Å²) in [5.41, 5.74) is 3.60. The van der Waals surface area contributed by atoms with E-state index in [1.807, 2.05) is 19.9 Å². The Morgan fingerprint density at radius 1 is 1.31 bits per heavy atom. The second kappa shape index (κ2) is 8.60. The van der Waals surface area contributed by atoms with E-state index in [0.29, 0.717) is 23.6 Å². The highest BCUT2D eigenvalue weighted by Gasteiger charge is 2.15. The number of carbonyl (C=O) groups excluding carboxylic acids is 1. The third kappa shape index (κ3) is 4.08. The van der Waals surface area contributed by atoms with E-state index in [4.69, 9.17) is 5.11 Å². The first kappa shape index (κ1) is 21.2. The van der Waals surface area contributed by atoms with Gasteiger partial charge in [0.25, 0.3) is 0 Å². The summed E-state index contributed by atoms with van der Waals surface area (Å²) in [4.78, 5) is 20.0. The van der Waals surface area contributed by atoms with Crippen LogP contribution in [0.5, 0.6) is 0 Å². The Morgan fingerprint density at radius 2 is 2.12 bits per heavy atom. The fraction of sp³-hybridized carbons (Fsp3) is 0.182. The number of aryl methyl sites for hydroxylation is 2. The van der Waals surface area contributed by atoms with Crippen LogP contribution in [-0.2, 0) is 11.3 Å². The first-order chi connectivity index (χ1) is 15.4. The van der Waals surface area contributed by atoms with Gasteiger partial charge in [0.05, 0.1) is 36.2 Å². The van der Waals surface area contributed by atoms with Gasteiger partial charge in [-0.3, -0.25) is 14.0 Å². The van der Waals surface area contributed by atoms with Crippen molar-refractivity contribution in [3.63, 3.8) is 0 Å². The number of nitrogens with one attached hydrogen (secondary N) is 2. The van der Waals surface area contributed by atoms with Crippen molar-refractivity contribution in [3.8, 4) is 5.82 Å². The van der Waals surface area contributed by atoms with Crippen molar-refractivity contribution in [2.45, 2.75) is 20.4 Å². The summed E-state index contributed by atoms with van der Waals surface area (Å²) in [6.45, 7) is 7.49. The Balaban J connectivity index is 1.70. The van der Waals surface area contributed by atoms with Crippen LogP contribution >= 0.6 is 0 Å². The number of aromatic nitrogens is 5. The lowest BCUT2D eigenvalue weighted by Crippen LogP contribution is -2.07. The van der Waals surface area contributed by atoms with Gasteiger partial charge in [-0.15, -0.1) is 0 Å². The van der Waals surface area contributed by atoms with Crippen molar-refractivity contribution in [2.24, 2.45) is 0 Å². The summed E-state index contributed by atoms with van der Waals surface area (Å²) < 4.78 is 18.0. The minimum atomic E-state index is -0.579. The van der Waals surface area contributed by atoms with Gasteiger partial charge in [0, 0.05) is 23.5 Å². The number of hydrogen-bond acceptors (Lipinski definition) is 6. The highest BCUT2D eigenvalue weighted by molar-refractivity contribution is 6.00. The molecule has 0 bridgehead atoms. The first-order valence-corrected chi connectivity index (χ1v) is 9.89. The molecule has 0 saturated heterocycles. The van der Waals surface area contributed by atoms with E-state index >= 15 is 0 Å². The van der Waals surface area contributed by atoms with Crippen LogP contribution in [0.15, 0.2) is 49.4 Å². The lowest BCUT2D eigenvalue weighted by molar-refractivity contribution is -0.111. The van der Waals surface area contributed by atoms with Gasteiger partial charge in [-0.2, -0.15) is 10.1 Å². The largest absolute Gasteiger partial charge is 0.394 e. The Bertz CT molecular complexity index is 1330. The van der Waals surface area contributed by atoms with Crippen molar-refractivity contribution >= 4 is 34.1 Å². The van der Waals surface area contributed by atoms with E-state index in [-0.39, 0.29) is 24.3 Å². The molecule has 10 heteroatoms. The summed E-state index contributed by atoms with van der Waals surface area (Å²) >= 11 is 0. The molecule has 0 aliphatic heterocycles. The molecule has 32 heavy (non-hydrogen) atoms. The molecule has 0 aliphatic rings. The molecular weight excluding hydrogens is 413 g/mol. The van der Waals surface area contributed by atoms with Crippen LogP contribution in [0.4, 0.5) is 21.7 Å². The minimum Gasteiger partial charge on any atom is -0.394 e. The molecular formula is C22H22FN7O2. The molecule has 0 spiro atoms. The number of hydrogen-bond donors (Lipinski definition) is 3. The van der Waals surface area contributed by atoms with Crippen molar-refractivity contribution < 1.29 is 14.3 Å². The number of anilines is 3. The van der Waals surface area contributed by atoms with Crippen LogP contribution in [-0.4, -0.2) is 41.9 Å². The zero-order chi connectivity index (χ0) is 22.8. The maximum Gasteiger partial charge on any atom is 0.247 e. The highest BCUT2D eigenvalue weighted by atomic mass is 19.1. The molecule has 0 atom stereocenters. The number of aliphatic hydroxyl groups excluding tert-OH is 1. The molecule has 0 radical (unpaired) electrons. The van der Waals surface area contributed by atoms with Crippen LogP contribution in [0.25, 0.3) is 16.7 Å². The van der Waals surface area contributed by atoms with Gasteiger partial charge >= 0.3 is 0 Å². The second-order valence-corrected chi connectivity index (χ2v) is 7.21. The van der Waals surface area contributed by atoms with Gasteiger partial charge < -0.3 is 15.7 Å². The average molecular weight is 435 g/mol. The van der Waals surface area contributed by atoms with Crippen LogP contribution in [0, 0.1) is 19.7 Å². The summed E-state index contributed by atoms with van der Waals surface area (Å²) in [5.74, 6) is -0.591. The second-order valence-electron chi connectivity index (χ2n) is 7.21. The van der Waals surface area contributed by atoms with E-state index < -0.39 is 5.82 Å². The SMILES string of the molecule is C=CC(=O)Nc1ccc2c(c1)c(C)cn2-c1nc(Nc2cn(CCO)nc2C)ncc1F. The zero-order valence-corrected chi connectivity index (χ0v) is 17.6. The van der Waals surface area contributed by atoms with E-state index in [0.717, 1.165) is 22.7 Å². The maximum atomic E-state index is 14.7. The van der Waals surface area contributed by atoms with E-state index in [1.165, 1.54) is 6.08 Å². The molecule has 0 fully saturated rings. The Morgan fingerprint density at radius 3 is 2.88 bits per heavy atom. The number of nitrogens with zero attached hydrogens (tertiary/aromatic N) is 5. The number of carbonyl (C=O) groups is 1. The first-order valence-electron chi connectivity index (χ1n) is 9.89. The Hall–Kier alpha value is -4.05. The summed E-state index contributed by atoms with van der Waals surface area (Å²) in [7, 11) is 0. The van der Waals surface area contributed by atoms with Crippen molar-refractivity contribution in [3.05, 3.63) is 66.5 Å². The van der Waals surface area contributed by atoms with Crippen molar-refractivity contribution in [1.29, 1.82) is 0 Å². The monoisotopic (exact) mass is 435 g/mol. The molecule has 9 nitrogen and oxygen atoms in total. The highest BCUT2D eigenvalue weighted by Crippen LogP contribution is 2.28. The molecule has 3 aromatic heterocycles. The summed E-state index contributed by atoms with van der Waals surface area (Å²) in [5, 5.41) is 20.0. The Labute approximate surface area is 183 Å². The van der Waals surface area contributed by atoms with E-state index in [9.17, 15) is 9.18 Å². The Kier molecular flexibility index (Phi) is 5.69. The van der Waals surface area contributed by atoms with Crippen LogP contribution in [0.3, 0.4) is 0 Å². The van der Waals surface area contributed by atoms with Crippen LogP contribution in [0.1, 0.15) is 11.3 Å². The molecule has 0 aliphatic carbocycles. The number of rotatable bonds is 7. The quantitative estimate of drug-likeness (QED) is 0.385. The summed E-state index contributed by atoms with van der Waals surface area (Å²) in [6.07, 6.45) is 5.82. The lowest BCUT2D eigenvalue weighted by Gasteiger charge is -2.09. The van der Waals surface area contributed by atoms with Crippen LogP contribution in [0.2, 0.25) is 0 Å². The average Bonchev–Trinajstić information content (AvgIpc) is 3.28. The fourth-order valence-electron chi connectivity index (χ4n) is 3.41. The zero-order valence-electron chi connectivity index (χ0n) is 17.6. The maximum absolute atomic E-state index is 14.7. The number of fused-ring (bicyclic) bond motifs is 1. The fourth-order valence-corrected chi connectivity index (χ4v) is 3.41. The molecule has 0 saturated carbocycles. The molecule has 4 rings (SSSR count). The van der Waals surface area contributed by atoms with Crippen LogP contribution < -0.4 is 10.6 Å². The van der Waals surface area contributed by atoms with E-state index in [1.54, 1.807) is 33.8 Å². The van der Waals surface area contributed by atoms with Gasteiger partial charge in [0.15, 0.2) is 11.6 Å². The molecule has 3 N–H and O–H groups in total. The predicted octanol–water partition coefficient (Wildman–Crippen LogP) is 3.23. The number of amides is 1. The minimum absolute atomic E-state index is 0.0310. The van der Waals surface area contributed by atoms with Gasteiger partial charge in [0.1, 0.15) is 0 Å². The standard InChI is InChI=1S/C22H22FN7O2/c1-4-20(32)25-15-5-6-19-16(9-15)13(2)11-30(19)21-17(23)10-24-22(27-21)26-18-12-29(7-8-31)28-14(18)3/h4-6,9-12,31H,1,7-8H2,2-3H3,(H,25,32)(H,24,26,27). The third-order valence-corrected chi connectivity index (χ3v) is 4.93. The van der Waals surface area contributed by atoms with Gasteiger partial charge in [-0.25, -0.2) is 9.37 Å². The molecule has 164 valence electrons. The number of halogens is 1. The van der Waals surface area contributed by atoms with Crippen molar-refractivity contribution in [1.82, 2.24) is 24.3 Å². The number of benzene rings is 1. The lowest BCUT2D eigenvalue weighted by atomic mass is 10.2. The molecule has 0 unspecified atom stereocenters. The van der Waals surface area contributed by atoms with Gasteiger partial charge in [-0.05, 0) is 43.7 Å². The summed E-state index contributed by atoms with van der Waals surface area (Å²) in [6, 6.07) is 5.34.